The summed E-state index contributed by atoms with van der Waals surface area (Å²) in [6.07, 6.45) is 3.75. The Labute approximate surface area is 99.7 Å². The summed E-state index contributed by atoms with van der Waals surface area (Å²) in [5.41, 5.74) is 0. The fourth-order valence-corrected chi connectivity index (χ4v) is 1.93. The lowest BCUT2D eigenvalue weighted by molar-refractivity contribution is -0.133. The molecule has 1 aliphatic rings. The molecule has 0 N–H and O–H groups in total. The van der Waals surface area contributed by atoms with Crippen LogP contribution in [0.3, 0.4) is 0 Å². The normalized spacial score (nSPS) is 19.5. The van der Waals surface area contributed by atoms with Gasteiger partial charge in [-0.25, -0.2) is 4.68 Å². The number of hydrogen-bond donors (Lipinski definition) is 0. The number of carbonyl (C=O) groups is 1. The third-order valence-electron chi connectivity index (χ3n) is 2.87. The van der Waals surface area contributed by atoms with Gasteiger partial charge in [0.05, 0.1) is 6.10 Å². The van der Waals surface area contributed by atoms with Crippen LogP contribution in [0.15, 0.2) is 6.33 Å². The summed E-state index contributed by atoms with van der Waals surface area (Å²) in [5.74, 6) is 0.0234. The maximum atomic E-state index is 12.0. The molecule has 1 amide bonds. The molecule has 1 aromatic heterocycles. The van der Waals surface area contributed by atoms with E-state index in [1.165, 1.54) is 11.0 Å². The third-order valence-corrected chi connectivity index (χ3v) is 2.87. The number of rotatable bonds is 5. The Morgan fingerprint density at radius 1 is 1.65 bits per heavy atom. The Bertz CT molecular complexity index is 348. The van der Waals surface area contributed by atoms with Gasteiger partial charge in [-0.05, 0) is 30.2 Å². The Kier molecular flexibility index (Phi) is 4.03. The average molecular weight is 239 g/mol. The number of carbonyl (C=O) groups excluding carboxylic acids is 1. The Morgan fingerprint density at radius 2 is 2.53 bits per heavy atom. The first-order valence-electron chi connectivity index (χ1n) is 5.89. The molecule has 1 fully saturated rings. The summed E-state index contributed by atoms with van der Waals surface area (Å²) >= 11 is 0. The summed E-state index contributed by atoms with van der Waals surface area (Å²) in [4.78, 5) is 13.8. The number of tetrazole rings is 1. The second kappa shape index (κ2) is 5.72. The van der Waals surface area contributed by atoms with Crippen molar-refractivity contribution in [2.75, 3.05) is 19.7 Å². The second-order valence-corrected chi connectivity index (χ2v) is 4.07. The number of aromatic nitrogens is 4. The van der Waals surface area contributed by atoms with Crippen molar-refractivity contribution < 1.29 is 9.53 Å². The summed E-state index contributed by atoms with van der Waals surface area (Å²) in [5, 5.41) is 10.7. The van der Waals surface area contributed by atoms with Gasteiger partial charge in [0, 0.05) is 19.7 Å². The predicted molar refractivity (Wildman–Crippen MR) is 59.0 cm³/mol. The van der Waals surface area contributed by atoms with Crippen LogP contribution in [0.1, 0.15) is 19.8 Å². The molecule has 0 saturated carbocycles. The van der Waals surface area contributed by atoms with Gasteiger partial charge in [0.15, 0.2) is 0 Å². The first kappa shape index (κ1) is 12.0. The van der Waals surface area contributed by atoms with E-state index in [0.29, 0.717) is 13.1 Å². The highest BCUT2D eigenvalue weighted by atomic mass is 16.5. The number of amides is 1. The molecule has 17 heavy (non-hydrogen) atoms. The predicted octanol–water partition coefficient (Wildman–Crippen LogP) is -0.299. The summed E-state index contributed by atoms with van der Waals surface area (Å²) in [7, 11) is 0. The number of likely N-dealkylation sites (N-methyl/N-ethyl adjacent to an activating group) is 1. The number of ether oxygens (including phenoxy) is 1. The van der Waals surface area contributed by atoms with E-state index in [1.54, 1.807) is 4.90 Å². The zero-order chi connectivity index (χ0) is 12.1. The van der Waals surface area contributed by atoms with Gasteiger partial charge in [0.2, 0.25) is 5.91 Å². The highest BCUT2D eigenvalue weighted by Gasteiger charge is 2.21. The zero-order valence-corrected chi connectivity index (χ0v) is 9.95. The van der Waals surface area contributed by atoms with Crippen LogP contribution in [-0.2, 0) is 16.1 Å². The molecule has 1 atom stereocenters. The van der Waals surface area contributed by atoms with E-state index in [1.807, 2.05) is 6.92 Å². The lowest BCUT2D eigenvalue weighted by Crippen LogP contribution is -2.39. The molecule has 1 saturated heterocycles. The van der Waals surface area contributed by atoms with Gasteiger partial charge >= 0.3 is 0 Å². The molecule has 0 aromatic carbocycles. The molecule has 1 aromatic rings. The summed E-state index contributed by atoms with van der Waals surface area (Å²) < 4.78 is 6.96. The van der Waals surface area contributed by atoms with Crippen LogP contribution in [0.2, 0.25) is 0 Å². The van der Waals surface area contributed by atoms with Crippen LogP contribution in [0.5, 0.6) is 0 Å². The van der Waals surface area contributed by atoms with E-state index in [2.05, 4.69) is 15.5 Å². The second-order valence-electron chi connectivity index (χ2n) is 4.07. The van der Waals surface area contributed by atoms with Crippen molar-refractivity contribution in [2.45, 2.75) is 32.4 Å². The number of hydrogen-bond acceptors (Lipinski definition) is 5. The van der Waals surface area contributed by atoms with Crippen LogP contribution in [-0.4, -0.2) is 56.8 Å². The zero-order valence-electron chi connectivity index (χ0n) is 9.95. The molecule has 1 aliphatic heterocycles. The van der Waals surface area contributed by atoms with Gasteiger partial charge in [0.25, 0.3) is 0 Å². The van der Waals surface area contributed by atoms with E-state index >= 15 is 0 Å². The van der Waals surface area contributed by atoms with Crippen molar-refractivity contribution in [3.8, 4) is 0 Å². The van der Waals surface area contributed by atoms with Gasteiger partial charge in [-0.1, -0.05) is 0 Å². The average Bonchev–Trinajstić information content (AvgIpc) is 2.97. The molecule has 0 spiro atoms. The minimum atomic E-state index is 0.0234. The number of nitrogens with zero attached hydrogens (tertiary/aromatic N) is 5. The van der Waals surface area contributed by atoms with E-state index < -0.39 is 0 Å². The monoisotopic (exact) mass is 239 g/mol. The molecule has 94 valence electrons. The van der Waals surface area contributed by atoms with E-state index in [9.17, 15) is 4.79 Å². The van der Waals surface area contributed by atoms with Crippen molar-refractivity contribution in [2.24, 2.45) is 0 Å². The van der Waals surface area contributed by atoms with Crippen LogP contribution in [0.25, 0.3) is 0 Å². The van der Waals surface area contributed by atoms with Crippen molar-refractivity contribution in [1.82, 2.24) is 25.1 Å². The van der Waals surface area contributed by atoms with Gasteiger partial charge < -0.3 is 9.64 Å². The van der Waals surface area contributed by atoms with Gasteiger partial charge in [-0.3, -0.25) is 4.79 Å². The Hall–Kier alpha value is -1.50. The van der Waals surface area contributed by atoms with Crippen molar-refractivity contribution in [3.05, 3.63) is 6.33 Å². The quantitative estimate of drug-likeness (QED) is 0.705. The molecule has 0 radical (unpaired) electrons. The fraction of sp³-hybridized carbons (Fsp3) is 0.800. The van der Waals surface area contributed by atoms with Crippen LogP contribution < -0.4 is 0 Å². The SMILES string of the molecule is CCN(CC1CCCO1)C(=O)Cn1cnnn1. The minimum absolute atomic E-state index is 0.0234. The van der Waals surface area contributed by atoms with Crippen molar-refractivity contribution in [3.63, 3.8) is 0 Å². The van der Waals surface area contributed by atoms with Crippen LogP contribution in [0, 0.1) is 0 Å². The van der Waals surface area contributed by atoms with Gasteiger partial charge in [0.1, 0.15) is 12.9 Å². The summed E-state index contributed by atoms with van der Waals surface area (Å²) in [6, 6.07) is 0. The maximum absolute atomic E-state index is 12.0. The lowest BCUT2D eigenvalue weighted by atomic mass is 10.2. The largest absolute Gasteiger partial charge is 0.376 e. The van der Waals surface area contributed by atoms with Crippen molar-refractivity contribution >= 4 is 5.91 Å². The van der Waals surface area contributed by atoms with Gasteiger partial charge in [-0.2, -0.15) is 0 Å². The topological polar surface area (TPSA) is 73.1 Å². The highest BCUT2D eigenvalue weighted by molar-refractivity contribution is 5.75. The van der Waals surface area contributed by atoms with Gasteiger partial charge in [-0.15, -0.1) is 5.10 Å². The smallest absolute Gasteiger partial charge is 0.244 e. The maximum Gasteiger partial charge on any atom is 0.244 e. The van der Waals surface area contributed by atoms with Crippen LogP contribution >= 0.6 is 0 Å². The van der Waals surface area contributed by atoms with E-state index in [-0.39, 0.29) is 18.6 Å². The lowest BCUT2D eigenvalue weighted by Gasteiger charge is -2.23. The molecular formula is C10H17N5O2. The first-order valence-corrected chi connectivity index (χ1v) is 5.89. The molecule has 0 bridgehead atoms. The van der Waals surface area contributed by atoms with Crippen LogP contribution in [0.4, 0.5) is 0 Å². The fourth-order valence-electron chi connectivity index (χ4n) is 1.93. The highest BCUT2D eigenvalue weighted by Crippen LogP contribution is 2.13. The standard InChI is InChI=1S/C10H17N5O2/c1-2-14(6-9-4-3-5-17-9)10(16)7-15-8-11-12-13-15/h8-9H,2-7H2,1H3. The molecular weight excluding hydrogens is 222 g/mol. The third kappa shape index (κ3) is 3.23. The molecule has 7 nitrogen and oxygen atoms in total. The molecule has 0 aliphatic carbocycles. The molecule has 2 rings (SSSR count). The molecule has 2 heterocycles. The van der Waals surface area contributed by atoms with Crippen molar-refractivity contribution in [1.29, 1.82) is 0 Å². The van der Waals surface area contributed by atoms with E-state index in [0.717, 1.165) is 19.4 Å². The molecule has 7 heteroatoms. The minimum Gasteiger partial charge on any atom is -0.376 e. The summed E-state index contributed by atoms with van der Waals surface area (Å²) in [6.45, 7) is 4.31. The molecule has 1 unspecified atom stereocenters. The first-order chi connectivity index (χ1) is 8.29. The Balaban J connectivity index is 1.86. The van der Waals surface area contributed by atoms with E-state index in [4.69, 9.17) is 4.74 Å². The Morgan fingerprint density at radius 3 is 3.12 bits per heavy atom.